The van der Waals surface area contributed by atoms with Gasteiger partial charge in [-0.05, 0) is 83.5 Å². The van der Waals surface area contributed by atoms with Crippen molar-refractivity contribution in [3.05, 3.63) is 93.6 Å². The van der Waals surface area contributed by atoms with E-state index in [1.54, 1.807) is 24.3 Å². The normalized spacial score (nSPS) is 12.3. The first-order chi connectivity index (χ1) is 14.3. The van der Waals surface area contributed by atoms with Crippen LogP contribution in [0.2, 0.25) is 0 Å². The molecule has 156 valence electrons. The molecule has 30 heavy (non-hydrogen) atoms. The Labute approximate surface area is 191 Å². The molecule has 0 heterocycles. The van der Waals surface area contributed by atoms with E-state index in [1.165, 1.54) is 0 Å². The third-order valence-corrected chi connectivity index (χ3v) is 6.91. The van der Waals surface area contributed by atoms with Gasteiger partial charge < -0.3 is 5.32 Å². The lowest BCUT2D eigenvalue weighted by Crippen LogP contribution is -2.26. The molecule has 3 aromatic rings. The van der Waals surface area contributed by atoms with Crippen LogP contribution in [0.5, 0.6) is 0 Å². The van der Waals surface area contributed by atoms with Gasteiger partial charge >= 0.3 is 0 Å². The highest BCUT2D eigenvalue weighted by molar-refractivity contribution is 14.1. The predicted molar refractivity (Wildman–Crippen MR) is 128 cm³/mol. The topological polar surface area (TPSA) is 75.3 Å². The number of halogens is 1. The van der Waals surface area contributed by atoms with Crippen molar-refractivity contribution in [3.8, 4) is 0 Å². The maximum atomic E-state index is 12.6. The van der Waals surface area contributed by atoms with E-state index in [0.717, 1.165) is 20.4 Å². The number of amides is 1. The van der Waals surface area contributed by atoms with Crippen LogP contribution in [0.4, 0.5) is 5.69 Å². The number of rotatable bonds is 8. The Hall–Kier alpha value is -2.23. The number of carbonyl (C=O) groups excluding carboxylic acids is 1. The highest BCUT2D eigenvalue weighted by Gasteiger charge is 2.18. The van der Waals surface area contributed by atoms with Gasteiger partial charge in [0.25, 0.3) is 0 Å². The lowest BCUT2D eigenvalue weighted by molar-refractivity contribution is -0.116. The van der Waals surface area contributed by atoms with Crippen molar-refractivity contribution in [2.75, 3.05) is 5.32 Å². The van der Waals surface area contributed by atoms with Crippen molar-refractivity contribution in [2.45, 2.75) is 30.7 Å². The molecule has 3 aromatic carbocycles. The number of benzene rings is 3. The van der Waals surface area contributed by atoms with Crippen LogP contribution >= 0.6 is 22.6 Å². The molecule has 0 unspecified atom stereocenters. The van der Waals surface area contributed by atoms with Gasteiger partial charge in [-0.2, -0.15) is 0 Å². The Balaban J connectivity index is 1.56. The SMILES string of the molecule is C[C@H](NS(=O)(=O)c1ccc(CCC(=O)Nc2ccc(I)cc2)cc1)c1ccccc1. The lowest BCUT2D eigenvalue weighted by Gasteiger charge is -2.15. The van der Waals surface area contributed by atoms with Crippen LogP contribution in [-0.2, 0) is 21.2 Å². The molecule has 1 amide bonds. The van der Waals surface area contributed by atoms with Gasteiger partial charge in [0.1, 0.15) is 0 Å². The molecule has 0 fully saturated rings. The highest BCUT2D eigenvalue weighted by Crippen LogP contribution is 2.18. The van der Waals surface area contributed by atoms with Crippen LogP contribution in [0.15, 0.2) is 83.8 Å². The number of aryl methyl sites for hydroxylation is 1. The average Bonchev–Trinajstić information content (AvgIpc) is 2.74. The minimum Gasteiger partial charge on any atom is -0.326 e. The van der Waals surface area contributed by atoms with Gasteiger partial charge in [0, 0.05) is 21.7 Å². The Morgan fingerprint density at radius 1 is 0.933 bits per heavy atom. The molecule has 0 aliphatic carbocycles. The van der Waals surface area contributed by atoms with E-state index in [4.69, 9.17) is 0 Å². The summed E-state index contributed by atoms with van der Waals surface area (Å²) >= 11 is 2.21. The summed E-state index contributed by atoms with van der Waals surface area (Å²) in [6.07, 6.45) is 0.853. The van der Waals surface area contributed by atoms with E-state index >= 15 is 0 Å². The third-order valence-electron chi connectivity index (χ3n) is 4.63. The summed E-state index contributed by atoms with van der Waals surface area (Å²) < 4.78 is 29.1. The van der Waals surface area contributed by atoms with Gasteiger partial charge in [-0.15, -0.1) is 0 Å². The molecule has 7 heteroatoms. The Kier molecular flexibility index (Phi) is 7.63. The van der Waals surface area contributed by atoms with Crippen molar-refractivity contribution in [2.24, 2.45) is 0 Å². The fraction of sp³-hybridized carbons (Fsp3) is 0.174. The van der Waals surface area contributed by atoms with Crippen LogP contribution in [0.25, 0.3) is 0 Å². The smallest absolute Gasteiger partial charge is 0.241 e. The summed E-state index contributed by atoms with van der Waals surface area (Å²) in [4.78, 5) is 12.3. The largest absolute Gasteiger partial charge is 0.326 e. The third kappa shape index (κ3) is 6.38. The van der Waals surface area contributed by atoms with Crippen LogP contribution in [-0.4, -0.2) is 14.3 Å². The Morgan fingerprint density at radius 2 is 1.57 bits per heavy atom. The first-order valence-corrected chi connectivity index (χ1v) is 12.1. The fourth-order valence-corrected chi connectivity index (χ4v) is 4.55. The summed E-state index contributed by atoms with van der Waals surface area (Å²) in [6, 6.07) is 23.3. The molecule has 0 aliphatic heterocycles. The summed E-state index contributed by atoms with van der Waals surface area (Å²) in [5.74, 6) is -0.0775. The van der Waals surface area contributed by atoms with Crippen LogP contribution in [0.1, 0.15) is 30.5 Å². The minimum atomic E-state index is -3.63. The van der Waals surface area contributed by atoms with Gasteiger partial charge in [0.05, 0.1) is 4.90 Å². The van der Waals surface area contributed by atoms with Crippen molar-refractivity contribution in [3.63, 3.8) is 0 Å². The molecule has 1 atom stereocenters. The number of hydrogen-bond donors (Lipinski definition) is 2. The first kappa shape index (κ1) is 22.5. The van der Waals surface area contributed by atoms with E-state index in [-0.39, 0.29) is 16.8 Å². The highest BCUT2D eigenvalue weighted by atomic mass is 127. The molecular formula is C23H23IN2O3S. The number of carbonyl (C=O) groups is 1. The molecule has 5 nitrogen and oxygen atoms in total. The predicted octanol–water partition coefficient (Wildman–Crippen LogP) is 4.90. The van der Waals surface area contributed by atoms with Gasteiger partial charge in [0.2, 0.25) is 15.9 Å². The molecule has 0 saturated heterocycles. The number of sulfonamides is 1. The zero-order chi connectivity index (χ0) is 21.6. The minimum absolute atomic E-state index is 0.0775. The second-order valence-corrected chi connectivity index (χ2v) is 9.91. The number of anilines is 1. The first-order valence-electron chi connectivity index (χ1n) is 9.55. The maximum absolute atomic E-state index is 12.6. The number of hydrogen-bond acceptors (Lipinski definition) is 3. The van der Waals surface area contributed by atoms with Crippen LogP contribution in [0, 0.1) is 3.57 Å². The van der Waals surface area contributed by atoms with Crippen molar-refractivity contribution < 1.29 is 13.2 Å². The zero-order valence-corrected chi connectivity index (χ0v) is 19.5. The van der Waals surface area contributed by atoms with Gasteiger partial charge in [-0.25, -0.2) is 13.1 Å². The average molecular weight is 534 g/mol. The second kappa shape index (κ2) is 10.2. The number of nitrogens with one attached hydrogen (secondary N) is 2. The molecule has 2 N–H and O–H groups in total. The Morgan fingerprint density at radius 3 is 2.20 bits per heavy atom. The summed E-state index contributed by atoms with van der Waals surface area (Å²) in [5, 5.41) is 2.86. The standard InChI is InChI=1S/C23H23IN2O3S/c1-17(19-5-3-2-4-6-19)26-30(28,29)22-14-7-18(8-15-22)9-16-23(27)25-21-12-10-20(24)11-13-21/h2-8,10-15,17,26H,9,16H2,1H3,(H,25,27)/t17-/m0/s1. The van der Waals surface area contributed by atoms with E-state index in [1.807, 2.05) is 61.5 Å². The van der Waals surface area contributed by atoms with Crippen LogP contribution < -0.4 is 10.0 Å². The van der Waals surface area contributed by atoms with E-state index in [0.29, 0.717) is 12.8 Å². The lowest BCUT2D eigenvalue weighted by atomic mass is 10.1. The summed E-state index contributed by atoms with van der Waals surface area (Å²) in [5.41, 5.74) is 2.57. The molecule has 0 saturated carbocycles. The molecule has 0 aliphatic rings. The van der Waals surface area contributed by atoms with Gasteiger partial charge in [0.15, 0.2) is 0 Å². The van der Waals surface area contributed by atoms with Crippen LogP contribution in [0.3, 0.4) is 0 Å². The molecule has 0 radical (unpaired) electrons. The van der Waals surface area contributed by atoms with E-state index in [9.17, 15) is 13.2 Å². The van der Waals surface area contributed by atoms with Crippen molar-refractivity contribution in [1.29, 1.82) is 0 Å². The van der Waals surface area contributed by atoms with E-state index < -0.39 is 10.0 Å². The monoisotopic (exact) mass is 534 g/mol. The van der Waals surface area contributed by atoms with Crippen molar-refractivity contribution in [1.82, 2.24) is 4.72 Å². The second-order valence-electron chi connectivity index (χ2n) is 6.95. The zero-order valence-electron chi connectivity index (χ0n) is 16.5. The molecule has 0 aromatic heterocycles. The maximum Gasteiger partial charge on any atom is 0.241 e. The van der Waals surface area contributed by atoms with Gasteiger partial charge in [-0.3, -0.25) is 4.79 Å². The molecule has 0 bridgehead atoms. The quantitative estimate of drug-likeness (QED) is 0.404. The van der Waals surface area contributed by atoms with Gasteiger partial charge in [-0.1, -0.05) is 42.5 Å². The van der Waals surface area contributed by atoms with Crippen molar-refractivity contribution >= 4 is 44.2 Å². The molecule has 0 spiro atoms. The Bertz CT molecular complexity index is 1080. The summed E-state index contributed by atoms with van der Waals surface area (Å²) in [6.45, 7) is 1.81. The van der Waals surface area contributed by atoms with E-state index in [2.05, 4.69) is 32.6 Å². The summed E-state index contributed by atoms with van der Waals surface area (Å²) in [7, 11) is -3.63. The molecule has 3 rings (SSSR count). The fourth-order valence-electron chi connectivity index (χ4n) is 2.96. The molecular weight excluding hydrogens is 511 g/mol.